The van der Waals surface area contributed by atoms with Crippen molar-refractivity contribution in [1.29, 1.82) is 0 Å². The van der Waals surface area contributed by atoms with E-state index in [0.29, 0.717) is 17.4 Å². The highest BCUT2D eigenvalue weighted by atomic mass is 16.5. The standard InChI is InChI=1S/C17H19NO2/c1-4-12(2)14-5-7-16(8-6-14)20-17-11-15(13(3)19)9-10-18-17/h5-12H,4H2,1-3H3. The quantitative estimate of drug-likeness (QED) is 0.745. The number of aromatic nitrogens is 1. The van der Waals surface area contributed by atoms with Gasteiger partial charge in [0.2, 0.25) is 5.88 Å². The molecule has 0 saturated carbocycles. The lowest BCUT2D eigenvalue weighted by Crippen LogP contribution is -1.95. The van der Waals surface area contributed by atoms with Crippen molar-refractivity contribution < 1.29 is 9.53 Å². The molecule has 20 heavy (non-hydrogen) atoms. The third-order valence-corrected chi connectivity index (χ3v) is 3.43. The third kappa shape index (κ3) is 3.44. The Morgan fingerprint density at radius 1 is 1.25 bits per heavy atom. The zero-order valence-corrected chi connectivity index (χ0v) is 12.1. The number of hydrogen-bond donors (Lipinski definition) is 0. The molecule has 3 heteroatoms. The first-order valence-corrected chi connectivity index (χ1v) is 6.85. The first-order chi connectivity index (χ1) is 9.60. The van der Waals surface area contributed by atoms with Crippen molar-refractivity contribution in [1.82, 2.24) is 4.98 Å². The lowest BCUT2D eigenvalue weighted by atomic mass is 9.99. The Morgan fingerprint density at radius 3 is 2.55 bits per heavy atom. The van der Waals surface area contributed by atoms with Gasteiger partial charge in [-0.2, -0.15) is 0 Å². The van der Waals surface area contributed by atoms with Gasteiger partial charge in [0.1, 0.15) is 5.75 Å². The summed E-state index contributed by atoms with van der Waals surface area (Å²) in [5.74, 6) is 1.71. The summed E-state index contributed by atoms with van der Waals surface area (Å²) in [6.45, 7) is 5.90. The number of ketones is 1. The van der Waals surface area contributed by atoms with Crippen LogP contribution in [0.1, 0.15) is 49.0 Å². The molecule has 0 bridgehead atoms. The predicted molar refractivity (Wildman–Crippen MR) is 79.5 cm³/mol. The third-order valence-electron chi connectivity index (χ3n) is 3.43. The number of carbonyl (C=O) groups is 1. The largest absolute Gasteiger partial charge is 0.439 e. The number of hydrogen-bond acceptors (Lipinski definition) is 3. The molecule has 1 unspecified atom stereocenters. The minimum atomic E-state index is 0.00404. The smallest absolute Gasteiger partial charge is 0.219 e. The maximum absolute atomic E-state index is 11.3. The number of ether oxygens (including phenoxy) is 1. The van der Waals surface area contributed by atoms with Crippen LogP contribution in [0.4, 0.5) is 0 Å². The van der Waals surface area contributed by atoms with Crippen LogP contribution < -0.4 is 4.74 Å². The molecule has 1 aromatic heterocycles. The molecule has 0 radical (unpaired) electrons. The van der Waals surface area contributed by atoms with Crippen molar-refractivity contribution >= 4 is 5.78 Å². The summed E-state index contributed by atoms with van der Waals surface area (Å²) >= 11 is 0. The second-order valence-electron chi connectivity index (χ2n) is 4.92. The SMILES string of the molecule is CCC(C)c1ccc(Oc2cc(C(C)=O)ccn2)cc1. The Labute approximate surface area is 119 Å². The Hall–Kier alpha value is -2.16. The number of benzene rings is 1. The predicted octanol–water partition coefficient (Wildman–Crippen LogP) is 4.59. The van der Waals surface area contributed by atoms with Crippen LogP contribution in [0.5, 0.6) is 11.6 Å². The molecule has 1 heterocycles. The number of rotatable bonds is 5. The van der Waals surface area contributed by atoms with Gasteiger partial charge in [0.25, 0.3) is 0 Å². The zero-order valence-electron chi connectivity index (χ0n) is 12.1. The van der Waals surface area contributed by atoms with Crippen molar-refractivity contribution in [3.05, 3.63) is 53.7 Å². The summed E-state index contributed by atoms with van der Waals surface area (Å²) in [6.07, 6.45) is 2.70. The van der Waals surface area contributed by atoms with Crippen molar-refractivity contribution in [3.8, 4) is 11.6 Å². The molecule has 0 amide bonds. The highest BCUT2D eigenvalue weighted by molar-refractivity contribution is 5.94. The molecule has 1 atom stereocenters. The molecule has 0 fully saturated rings. The average molecular weight is 269 g/mol. The van der Waals surface area contributed by atoms with E-state index in [1.165, 1.54) is 12.5 Å². The summed E-state index contributed by atoms with van der Waals surface area (Å²) in [5, 5.41) is 0. The normalized spacial score (nSPS) is 11.9. The van der Waals surface area contributed by atoms with Crippen molar-refractivity contribution in [2.45, 2.75) is 33.1 Å². The number of carbonyl (C=O) groups excluding carboxylic acids is 1. The van der Waals surface area contributed by atoms with Crippen LogP contribution >= 0.6 is 0 Å². The van der Waals surface area contributed by atoms with Crippen LogP contribution in [-0.2, 0) is 0 Å². The van der Waals surface area contributed by atoms with Gasteiger partial charge in [-0.1, -0.05) is 26.0 Å². The van der Waals surface area contributed by atoms with Gasteiger partial charge in [0, 0.05) is 17.8 Å². The van der Waals surface area contributed by atoms with E-state index < -0.39 is 0 Å². The first kappa shape index (κ1) is 14.3. The fraction of sp³-hybridized carbons (Fsp3) is 0.294. The molecule has 0 spiro atoms. The number of nitrogens with zero attached hydrogens (tertiary/aromatic N) is 1. The van der Waals surface area contributed by atoms with E-state index in [-0.39, 0.29) is 5.78 Å². The second kappa shape index (κ2) is 6.33. The Balaban J connectivity index is 2.14. The fourth-order valence-corrected chi connectivity index (χ4v) is 1.91. The van der Waals surface area contributed by atoms with Crippen LogP contribution in [0, 0.1) is 0 Å². The van der Waals surface area contributed by atoms with Gasteiger partial charge < -0.3 is 4.74 Å². The van der Waals surface area contributed by atoms with E-state index in [0.717, 1.165) is 12.2 Å². The molecule has 0 aliphatic rings. The molecular weight excluding hydrogens is 250 g/mol. The minimum Gasteiger partial charge on any atom is -0.439 e. The fourth-order valence-electron chi connectivity index (χ4n) is 1.91. The Kier molecular flexibility index (Phi) is 4.51. The first-order valence-electron chi connectivity index (χ1n) is 6.85. The van der Waals surface area contributed by atoms with E-state index >= 15 is 0 Å². The van der Waals surface area contributed by atoms with Crippen LogP contribution in [-0.4, -0.2) is 10.8 Å². The lowest BCUT2D eigenvalue weighted by Gasteiger charge is -2.10. The van der Waals surface area contributed by atoms with E-state index in [1.54, 1.807) is 18.3 Å². The topological polar surface area (TPSA) is 39.2 Å². The summed E-state index contributed by atoms with van der Waals surface area (Å²) in [4.78, 5) is 15.4. The van der Waals surface area contributed by atoms with E-state index in [9.17, 15) is 4.79 Å². The molecule has 0 aliphatic carbocycles. The summed E-state index contributed by atoms with van der Waals surface area (Å²) in [7, 11) is 0. The van der Waals surface area contributed by atoms with Gasteiger partial charge >= 0.3 is 0 Å². The molecule has 3 nitrogen and oxygen atoms in total. The van der Waals surface area contributed by atoms with Gasteiger partial charge in [0.15, 0.2) is 5.78 Å². The zero-order chi connectivity index (χ0) is 14.5. The number of Topliss-reactive ketones (excluding diaryl/α,β-unsaturated/α-hetero) is 1. The molecule has 0 aliphatic heterocycles. The van der Waals surface area contributed by atoms with Crippen molar-refractivity contribution in [2.75, 3.05) is 0 Å². The Bertz CT molecular complexity index is 590. The minimum absolute atomic E-state index is 0.00404. The van der Waals surface area contributed by atoms with Crippen molar-refractivity contribution in [2.24, 2.45) is 0 Å². The summed E-state index contributed by atoms with van der Waals surface area (Å²) < 4.78 is 5.67. The van der Waals surface area contributed by atoms with Gasteiger partial charge in [-0.25, -0.2) is 4.98 Å². The average Bonchev–Trinajstić information content (AvgIpc) is 2.47. The van der Waals surface area contributed by atoms with Crippen LogP contribution in [0.15, 0.2) is 42.6 Å². The molecule has 0 N–H and O–H groups in total. The highest BCUT2D eigenvalue weighted by Crippen LogP contribution is 2.24. The second-order valence-corrected chi connectivity index (χ2v) is 4.92. The monoisotopic (exact) mass is 269 g/mol. The maximum Gasteiger partial charge on any atom is 0.219 e. The Morgan fingerprint density at radius 2 is 1.95 bits per heavy atom. The lowest BCUT2D eigenvalue weighted by molar-refractivity contribution is 0.101. The number of pyridine rings is 1. The van der Waals surface area contributed by atoms with Crippen molar-refractivity contribution in [3.63, 3.8) is 0 Å². The molecule has 1 aromatic carbocycles. The van der Waals surface area contributed by atoms with E-state index in [4.69, 9.17) is 4.74 Å². The molecular formula is C17H19NO2. The van der Waals surface area contributed by atoms with Crippen LogP contribution in [0.25, 0.3) is 0 Å². The molecule has 2 aromatic rings. The highest BCUT2D eigenvalue weighted by Gasteiger charge is 2.05. The van der Waals surface area contributed by atoms with E-state index in [1.807, 2.05) is 12.1 Å². The maximum atomic E-state index is 11.3. The van der Waals surface area contributed by atoms with Gasteiger partial charge in [-0.3, -0.25) is 4.79 Å². The van der Waals surface area contributed by atoms with Gasteiger partial charge in [-0.15, -0.1) is 0 Å². The summed E-state index contributed by atoms with van der Waals surface area (Å²) in [6, 6.07) is 11.3. The molecule has 2 rings (SSSR count). The van der Waals surface area contributed by atoms with E-state index in [2.05, 4.69) is 31.0 Å². The van der Waals surface area contributed by atoms with Crippen LogP contribution in [0.2, 0.25) is 0 Å². The summed E-state index contributed by atoms with van der Waals surface area (Å²) in [5.41, 5.74) is 1.90. The van der Waals surface area contributed by atoms with Gasteiger partial charge in [0.05, 0.1) is 0 Å². The van der Waals surface area contributed by atoms with Crippen LogP contribution in [0.3, 0.4) is 0 Å². The molecule has 0 saturated heterocycles. The molecule has 104 valence electrons. The van der Waals surface area contributed by atoms with Gasteiger partial charge in [-0.05, 0) is 43.0 Å².